The molecule has 0 spiro atoms. The number of halogens is 1. The molecular formula is C17H16BrNO3S. The van der Waals surface area contributed by atoms with Crippen molar-refractivity contribution in [2.75, 3.05) is 0 Å². The van der Waals surface area contributed by atoms with Crippen molar-refractivity contribution in [3.05, 3.63) is 64.1 Å². The third-order valence-corrected chi connectivity index (χ3v) is 6.57. The van der Waals surface area contributed by atoms with Crippen LogP contribution < -0.4 is 0 Å². The Balaban J connectivity index is 2.06. The third-order valence-electron chi connectivity index (χ3n) is 4.00. The van der Waals surface area contributed by atoms with Crippen molar-refractivity contribution >= 4 is 31.9 Å². The Morgan fingerprint density at radius 2 is 1.74 bits per heavy atom. The fourth-order valence-electron chi connectivity index (χ4n) is 2.81. The van der Waals surface area contributed by atoms with Crippen LogP contribution in [0.4, 0.5) is 0 Å². The van der Waals surface area contributed by atoms with Crippen LogP contribution in [0.15, 0.2) is 57.9 Å². The van der Waals surface area contributed by atoms with Crippen molar-refractivity contribution in [3.63, 3.8) is 0 Å². The quantitative estimate of drug-likeness (QED) is 0.796. The lowest BCUT2D eigenvalue weighted by molar-refractivity contribution is -0.124. The maximum atomic E-state index is 12.9. The van der Waals surface area contributed by atoms with Crippen LogP contribution in [0.5, 0.6) is 0 Å². The number of aryl methyl sites for hydroxylation is 1. The molecule has 0 aliphatic carbocycles. The highest BCUT2D eigenvalue weighted by Gasteiger charge is 2.41. The summed E-state index contributed by atoms with van der Waals surface area (Å²) in [5.41, 5.74) is 1.79. The average molecular weight is 394 g/mol. The van der Waals surface area contributed by atoms with E-state index in [0.717, 1.165) is 19.9 Å². The van der Waals surface area contributed by atoms with Gasteiger partial charge < -0.3 is 0 Å². The van der Waals surface area contributed by atoms with E-state index in [4.69, 9.17) is 0 Å². The first-order chi connectivity index (χ1) is 10.9. The van der Waals surface area contributed by atoms with Crippen LogP contribution in [0, 0.1) is 6.92 Å². The largest absolute Gasteiger partial charge is 0.274 e. The maximum Gasteiger partial charge on any atom is 0.267 e. The van der Waals surface area contributed by atoms with Gasteiger partial charge in [0.05, 0.1) is 10.9 Å². The first kappa shape index (κ1) is 16.2. The van der Waals surface area contributed by atoms with Gasteiger partial charge in [-0.25, -0.2) is 12.7 Å². The first-order valence-electron chi connectivity index (χ1n) is 7.29. The zero-order valence-electron chi connectivity index (χ0n) is 12.6. The summed E-state index contributed by atoms with van der Waals surface area (Å²) in [5.74, 6) is -0.355. The van der Waals surface area contributed by atoms with Crippen LogP contribution in [-0.4, -0.2) is 18.6 Å². The molecule has 0 saturated carbocycles. The van der Waals surface area contributed by atoms with E-state index in [0.29, 0.717) is 6.42 Å². The van der Waals surface area contributed by atoms with Gasteiger partial charge in [0.2, 0.25) is 5.91 Å². The van der Waals surface area contributed by atoms with Gasteiger partial charge in [0, 0.05) is 10.9 Å². The lowest BCUT2D eigenvalue weighted by Crippen LogP contribution is -2.34. The van der Waals surface area contributed by atoms with Gasteiger partial charge in [0.25, 0.3) is 10.0 Å². The van der Waals surface area contributed by atoms with Gasteiger partial charge >= 0.3 is 0 Å². The molecule has 4 nitrogen and oxygen atoms in total. The molecule has 2 aromatic carbocycles. The molecular weight excluding hydrogens is 378 g/mol. The minimum Gasteiger partial charge on any atom is -0.274 e. The maximum absolute atomic E-state index is 12.9. The smallest absolute Gasteiger partial charge is 0.267 e. The van der Waals surface area contributed by atoms with Gasteiger partial charge in [-0.2, -0.15) is 0 Å². The molecule has 1 atom stereocenters. The van der Waals surface area contributed by atoms with E-state index in [1.807, 2.05) is 31.2 Å². The second kappa shape index (κ2) is 6.09. The van der Waals surface area contributed by atoms with Gasteiger partial charge in [-0.15, -0.1) is 0 Å². The standard InChI is InChI=1S/C17H16BrNO3S/c1-12-6-8-13(9-7-12)23(21,22)19-16(10-11-17(19)20)14-4-2-3-5-15(14)18/h2-9,16H,10-11H2,1H3/t16-/m0/s1. The van der Waals surface area contributed by atoms with Gasteiger partial charge in [0.1, 0.15) is 0 Å². The Morgan fingerprint density at radius 3 is 2.39 bits per heavy atom. The molecule has 0 bridgehead atoms. The molecule has 6 heteroatoms. The van der Waals surface area contributed by atoms with E-state index in [-0.39, 0.29) is 17.2 Å². The summed E-state index contributed by atoms with van der Waals surface area (Å²) in [4.78, 5) is 12.4. The van der Waals surface area contributed by atoms with E-state index in [1.54, 1.807) is 24.3 Å². The zero-order valence-corrected chi connectivity index (χ0v) is 15.0. The minimum atomic E-state index is -3.86. The molecule has 1 aliphatic rings. The predicted molar refractivity (Wildman–Crippen MR) is 91.3 cm³/mol. The first-order valence-corrected chi connectivity index (χ1v) is 9.53. The van der Waals surface area contributed by atoms with Crippen molar-refractivity contribution in [2.24, 2.45) is 0 Å². The number of rotatable bonds is 3. The van der Waals surface area contributed by atoms with Crippen LogP contribution >= 0.6 is 15.9 Å². The predicted octanol–water partition coefficient (Wildman–Crippen LogP) is 3.81. The number of carbonyl (C=O) groups excluding carboxylic acids is 1. The summed E-state index contributed by atoms with van der Waals surface area (Å²) in [7, 11) is -3.86. The highest BCUT2D eigenvalue weighted by atomic mass is 79.9. The highest BCUT2D eigenvalue weighted by molar-refractivity contribution is 9.10. The second-order valence-electron chi connectivity index (χ2n) is 5.58. The topological polar surface area (TPSA) is 54.5 Å². The zero-order chi connectivity index (χ0) is 16.6. The summed E-state index contributed by atoms with van der Waals surface area (Å²) >= 11 is 3.45. The summed E-state index contributed by atoms with van der Waals surface area (Å²) in [6.07, 6.45) is 0.726. The summed E-state index contributed by atoms with van der Waals surface area (Å²) in [5, 5.41) is 0. The number of hydrogen-bond acceptors (Lipinski definition) is 3. The molecule has 3 rings (SSSR count). The fourth-order valence-corrected chi connectivity index (χ4v) is 4.98. The Bertz CT molecular complexity index is 846. The Morgan fingerprint density at radius 1 is 1.09 bits per heavy atom. The van der Waals surface area contributed by atoms with Crippen molar-refractivity contribution in [3.8, 4) is 0 Å². The minimum absolute atomic E-state index is 0.149. The number of hydrogen-bond donors (Lipinski definition) is 0. The van der Waals surface area contributed by atoms with Gasteiger partial charge in [-0.1, -0.05) is 51.8 Å². The SMILES string of the molecule is Cc1ccc(S(=O)(=O)N2C(=O)CC[C@H]2c2ccccc2Br)cc1. The van der Waals surface area contributed by atoms with Gasteiger partial charge in [-0.3, -0.25) is 4.79 Å². The Labute approximate surface area is 144 Å². The summed E-state index contributed by atoms with van der Waals surface area (Å²) in [6.45, 7) is 1.89. The van der Waals surface area contributed by atoms with Crippen LogP contribution in [0.3, 0.4) is 0 Å². The number of benzene rings is 2. The van der Waals surface area contributed by atoms with E-state index >= 15 is 0 Å². The molecule has 1 saturated heterocycles. The fraction of sp³-hybridized carbons (Fsp3) is 0.235. The van der Waals surface area contributed by atoms with E-state index < -0.39 is 16.1 Å². The molecule has 0 unspecified atom stereocenters. The van der Waals surface area contributed by atoms with Crippen LogP contribution in [0.2, 0.25) is 0 Å². The summed E-state index contributed by atoms with van der Waals surface area (Å²) in [6, 6.07) is 13.5. The molecule has 23 heavy (non-hydrogen) atoms. The normalized spacial score (nSPS) is 18.4. The molecule has 1 amide bonds. The van der Waals surface area contributed by atoms with Crippen molar-refractivity contribution < 1.29 is 13.2 Å². The number of sulfonamides is 1. The molecule has 1 aliphatic heterocycles. The van der Waals surface area contributed by atoms with Crippen molar-refractivity contribution in [1.82, 2.24) is 4.31 Å². The molecule has 0 N–H and O–H groups in total. The second-order valence-corrected chi connectivity index (χ2v) is 8.25. The molecule has 2 aromatic rings. The number of amides is 1. The average Bonchev–Trinajstić information content (AvgIpc) is 2.90. The molecule has 1 heterocycles. The van der Waals surface area contributed by atoms with E-state index in [9.17, 15) is 13.2 Å². The lowest BCUT2D eigenvalue weighted by Gasteiger charge is -2.25. The lowest BCUT2D eigenvalue weighted by atomic mass is 10.1. The van der Waals surface area contributed by atoms with Gasteiger partial charge in [0.15, 0.2) is 0 Å². The summed E-state index contributed by atoms with van der Waals surface area (Å²) < 4.78 is 27.7. The molecule has 0 radical (unpaired) electrons. The highest BCUT2D eigenvalue weighted by Crippen LogP contribution is 2.40. The monoisotopic (exact) mass is 393 g/mol. The van der Waals surface area contributed by atoms with E-state index in [2.05, 4.69) is 15.9 Å². The number of carbonyl (C=O) groups is 1. The molecule has 120 valence electrons. The van der Waals surface area contributed by atoms with Gasteiger partial charge in [-0.05, 0) is 37.1 Å². The van der Waals surface area contributed by atoms with Crippen LogP contribution in [-0.2, 0) is 14.8 Å². The van der Waals surface area contributed by atoms with Crippen LogP contribution in [0.25, 0.3) is 0 Å². The number of nitrogens with zero attached hydrogens (tertiary/aromatic N) is 1. The van der Waals surface area contributed by atoms with Crippen molar-refractivity contribution in [1.29, 1.82) is 0 Å². The van der Waals surface area contributed by atoms with E-state index in [1.165, 1.54) is 0 Å². The Hall–Kier alpha value is -1.66. The molecule has 1 fully saturated rings. The third kappa shape index (κ3) is 2.93. The Kier molecular flexibility index (Phi) is 4.29. The molecule has 0 aromatic heterocycles. The van der Waals surface area contributed by atoms with Crippen molar-refractivity contribution in [2.45, 2.75) is 30.7 Å². The van der Waals surface area contributed by atoms with Crippen LogP contribution in [0.1, 0.15) is 30.0 Å².